The van der Waals surface area contributed by atoms with E-state index in [-0.39, 0.29) is 35.7 Å². The lowest BCUT2D eigenvalue weighted by atomic mass is 9.82. The summed E-state index contributed by atoms with van der Waals surface area (Å²) >= 11 is 0. The molecule has 0 bridgehead atoms. The van der Waals surface area contributed by atoms with E-state index in [1.807, 2.05) is 64.9 Å². The lowest BCUT2D eigenvalue weighted by Gasteiger charge is -2.51. The van der Waals surface area contributed by atoms with Crippen LogP contribution < -0.4 is 0 Å². The molecule has 0 radical (unpaired) electrons. The SMILES string of the molecule is COC(C[C@H]1C[C@@H](C)[C@@H](O[Si](C)(C)C(C)(C)C)/C=C/C=C/C[C@@H](C)OC(=O)C[C@@H](OC)[C@H](OC)[C@H]1O[C@@H]1O[C@H](C)[C@@H](O[C@H]2C[C@@](C)(OC)[C@@H](OCCC(C)C)[C@H](C)O2)[C@H](N(C)C)[C@H]1OC(C)=O)OC. The fourth-order valence-electron chi connectivity index (χ4n) is 9.52. The molecule has 0 aromatic carbocycles. The van der Waals surface area contributed by atoms with Gasteiger partial charge in [-0.1, -0.05) is 65.8 Å². The highest BCUT2D eigenvalue weighted by molar-refractivity contribution is 6.74. The van der Waals surface area contributed by atoms with Crippen LogP contribution in [0.4, 0.5) is 0 Å². The van der Waals surface area contributed by atoms with Crippen molar-refractivity contribution in [1.29, 1.82) is 0 Å². The molecule has 0 aliphatic carbocycles. The predicted octanol–water partition coefficient (Wildman–Crippen LogP) is 8.24. The first-order valence-corrected chi connectivity index (χ1v) is 28.1. The Hall–Kier alpha value is -1.84. The number of ether oxygens (including phenoxy) is 12. The van der Waals surface area contributed by atoms with Crippen molar-refractivity contribution in [2.45, 2.75) is 224 Å². The zero-order valence-electron chi connectivity index (χ0n) is 46.1. The van der Waals surface area contributed by atoms with Crippen LogP contribution in [0.1, 0.15) is 115 Å². The lowest BCUT2D eigenvalue weighted by molar-refractivity contribution is -0.348. The highest BCUT2D eigenvalue weighted by Gasteiger charge is 2.54. The first-order chi connectivity index (χ1) is 32.3. The Kier molecular flexibility index (Phi) is 24.9. The van der Waals surface area contributed by atoms with Crippen LogP contribution in [-0.4, -0.2) is 173 Å². The molecule has 16 atom stereocenters. The number of allylic oxidation sites excluding steroid dienone is 2. The lowest BCUT2D eigenvalue weighted by Crippen LogP contribution is -2.66. The minimum Gasteiger partial charge on any atom is -0.462 e. The molecule has 69 heavy (non-hydrogen) atoms. The van der Waals surface area contributed by atoms with Gasteiger partial charge in [0.15, 0.2) is 33.3 Å². The fraction of sp³-hybridized carbons (Fsp3) is 0.885. The van der Waals surface area contributed by atoms with Crippen molar-refractivity contribution < 1.29 is 70.9 Å². The number of methoxy groups -OCH3 is 5. The molecule has 402 valence electrons. The molecule has 0 amide bonds. The van der Waals surface area contributed by atoms with Gasteiger partial charge >= 0.3 is 11.9 Å². The molecule has 0 aromatic heterocycles. The molecular weight excluding hydrogens is 907 g/mol. The van der Waals surface area contributed by atoms with Gasteiger partial charge < -0.3 is 66.2 Å². The van der Waals surface area contributed by atoms with Gasteiger partial charge in [0, 0.05) is 68.3 Å². The number of rotatable bonds is 19. The van der Waals surface area contributed by atoms with Crippen LogP contribution in [0.2, 0.25) is 18.1 Å². The Morgan fingerprint density at radius 3 is 2.13 bits per heavy atom. The van der Waals surface area contributed by atoms with Crippen LogP contribution >= 0.6 is 0 Å². The first kappa shape index (κ1) is 61.5. The summed E-state index contributed by atoms with van der Waals surface area (Å²) in [5.41, 5.74) is -0.718. The van der Waals surface area contributed by atoms with Crippen LogP contribution in [-0.2, 0) is 70.9 Å². The summed E-state index contributed by atoms with van der Waals surface area (Å²) in [6.07, 6.45) is 1.87. The number of cyclic esters (lactones) is 1. The summed E-state index contributed by atoms with van der Waals surface area (Å²) in [4.78, 5) is 28.9. The summed E-state index contributed by atoms with van der Waals surface area (Å²) in [5.74, 6) is -0.980. The number of carbonyl (C=O) groups excluding carboxylic acids is 2. The zero-order chi connectivity index (χ0) is 52.0. The third-order valence-electron chi connectivity index (χ3n) is 14.6. The van der Waals surface area contributed by atoms with Crippen molar-refractivity contribution in [3.05, 3.63) is 24.3 Å². The molecule has 0 aromatic rings. The van der Waals surface area contributed by atoms with Crippen LogP contribution in [0.3, 0.4) is 0 Å². The molecule has 3 rings (SSSR count). The maximum atomic E-state index is 13.7. The quantitative estimate of drug-likeness (QED) is 0.0692. The second kappa shape index (κ2) is 28.0. The molecule has 2 fully saturated rings. The molecule has 16 nitrogen and oxygen atoms in total. The molecule has 17 heteroatoms. The van der Waals surface area contributed by atoms with E-state index in [1.54, 1.807) is 28.4 Å². The van der Waals surface area contributed by atoms with E-state index in [0.717, 1.165) is 6.42 Å². The molecule has 3 aliphatic heterocycles. The van der Waals surface area contributed by atoms with Crippen molar-refractivity contribution >= 4 is 20.3 Å². The Labute approximate surface area is 417 Å². The number of hydrogen-bond donors (Lipinski definition) is 0. The Balaban J connectivity index is 2.20. The average molecular weight is 1000 g/mol. The highest BCUT2D eigenvalue weighted by Crippen LogP contribution is 2.42. The smallest absolute Gasteiger partial charge is 0.308 e. The van der Waals surface area contributed by atoms with Crippen molar-refractivity contribution in [3.8, 4) is 0 Å². The molecular formula is C52H95NO15Si. The number of hydrogen-bond acceptors (Lipinski definition) is 16. The molecule has 0 unspecified atom stereocenters. The minimum atomic E-state index is -2.30. The Bertz CT molecular complexity index is 1590. The van der Waals surface area contributed by atoms with Crippen molar-refractivity contribution in [1.82, 2.24) is 4.90 Å². The maximum absolute atomic E-state index is 13.7. The molecule has 0 saturated carbocycles. The van der Waals surface area contributed by atoms with Gasteiger partial charge in [0.25, 0.3) is 0 Å². The van der Waals surface area contributed by atoms with Crippen LogP contribution in [0, 0.1) is 17.8 Å². The van der Waals surface area contributed by atoms with Gasteiger partial charge in [-0.3, -0.25) is 9.59 Å². The number of esters is 2. The van der Waals surface area contributed by atoms with E-state index in [4.69, 9.17) is 61.3 Å². The fourth-order valence-corrected chi connectivity index (χ4v) is 10.9. The Morgan fingerprint density at radius 1 is 0.913 bits per heavy atom. The molecule has 0 spiro atoms. The Morgan fingerprint density at radius 2 is 1.58 bits per heavy atom. The van der Waals surface area contributed by atoms with Crippen LogP contribution in [0.5, 0.6) is 0 Å². The van der Waals surface area contributed by atoms with Gasteiger partial charge in [0.05, 0.1) is 48.6 Å². The predicted molar refractivity (Wildman–Crippen MR) is 267 cm³/mol. The van der Waals surface area contributed by atoms with Gasteiger partial charge in [0.1, 0.15) is 24.4 Å². The number of nitrogens with zero attached hydrogens (tertiary/aromatic N) is 1. The first-order valence-electron chi connectivity index (χ1n) is 25.2. The van der Waals surface area contributed by atoms with Crippen LogP contribution in [0.15, 0.2) is 24.3 Å². The maximum Gasteiger partial charge on any atom is 0.308 e. The molecule has 3 heterocycles. The average Bonchev–Trinajstić information content (AvgIpc) is 3.25. The molecule has 0 N–H and O–H groups in total. The van der Waals surface area contributed by atoms with E-state index in [2.05, 4.69) is 60.7 Å². The number of carbonyl (C=O) groups is 2. The van der Waals surface area contributed by atoms with Gasteiger partial charge in [-0.05, 0) is 90.5 Å². The van der Waals surface area contributed by atoms with E-state index < -0.39 is 99.4 Å². The van der Waals surface area contributed by atoms with E-state index in [0.29, 0.717) is 38.2 Å². The highest BCUT2D eigenvalue weighted by atomic mass is 28.4. The van der Waals surface area contributed by atoms with Crippen LogP contribution in [0.25, 0.3) is 0 Å². The summed E-state index contributed by atoms with van der Waals surface area (Å²) in [5, 5.41) is -0.0554. The normalized spacial score (nSPS) is 36.9. The number of likely N-dealkylation sites (N-methyl/N-ethyl adjacent to an activating group) is 1. The van der Waals surface area contributed by atoms with Gasteiger partial charge in [-0.25, -0.2) is 0 Å². The summed E-state index contributed by atoms with van der Waals surface area (Å²) in [6.45, 7) is 27.4. The molecule has 2 saturated heterocycles. The van der Waals surface area contributed by atoms with E-state index in [1.165, 1.54) is 14.0 Å². The van der Waals surface area contributed by atoms with Crippen molar-refractivity contribution in [2.24, 2.45) is 17.8 Å². The second-order valence-electron chi connectivity index (χ2n) is 21.9. The monoisotopic (exact) mass is 1000 g/mol. The third-order valence-corrected chi connectivity index (χ3v) is 19.1. The van der Waals surface area contributed by atoms with Crippen molar-refractivity contribution in [2.75, 3.05) is 56.3 Å². The van der Waals surface area contributed by atoms with E-state index in [9.17, 15) is 9.59 Å². The molecule has 3 aliphatic rings. The standard InChI is InChI=1S/C52H95NO15Si/c1-32(2)26-27-61-49-36(6)63-43(31-52(49,11)60-18)66-45-35(5)64-50(48(65-37(7)54)44(45)53(12)13)67-46-38(29-42(57-15)58-16)28-33(3)39(68-69(19,20)51(8,9)10)25-23-21-22-24-34(4)62-41(55)30-40(56-14)47(46)59-17/h21-23,25,32-36,38-40,42-50H,24,26-31H2,1-20H3/b22-21+,25-23+/t33-,34-,35-,36+,38-,39+,40-,43+,44+,45-,46+,47+,48-,49+,50+,52-/m1/s1. The van der Waals surface area contributed by atoms with Crippen molar-refractivity contribution in [3.63, 3.8) is 0 Å². The largest absolute Gasteiger partial charge is 0.462 e. The van der Waals surface area contributed by atoms with Gasteiger partial charge in [-0.15, -0.1) is 0 Å². The topological polar surface area (TPSA) is 157 Å². The minimum absolute atomic E-state index is 0.0554. The summed E-state index contributed by atoms with van der Waals surface area (Å²) in [7, 11) is 9.51. The van der Waals surface area contributed by atoms with Gasteiger partial charge in [0.2, 0.25) is 0 Å². The second-order valence-corrected chi connectivity index (χ2v) is 26.6. The van der Waals surface area contributed by atoms with Gasteiger partial charge in [-0.2, -0.15) is 0 Å². The summed E-state index contributed by atoms with van der Waals surface area (Å²) < 4.78 is 83.9. The third kappa shape index (κ3) is 17.7. The summed E-state index contributed by atoms with van der Waals surface area (Å²) in [6, 6.07) is -0.596. The zero-order valence-corrected chi connectivity index (χ0v) is 47.1. The van der Waals surface area contributed by atoms with E-state index >= 15 is 0 Å².